The largest absolute Gasteiger partial charge is 0.493 e. The molecule has 0 bridgehead atoms. The number of H-pyrrole nitrogens is 4. The summed E-state index contributed by atoms with van der Waals surface area (Å²) in [6.45, 7) is 5.44. The third kappa shape index (κ3) is 4.55. The molecule has 0 aliphatic heterocycles. The minimum atomic E-state index is -0.675. The second-order valence-corrected chi connectivity index (χ2v) is 7.83. The van der Waals surface area contributed by atoms with Crippen molar-refractivity contribution in [3.8, 4) is 11.5 Å². The predicted molar refractivity (Wildman–Crippen MR) is 130 cm³/mol. The maximum Gasteiger partial charge on any atom is 0.343 e. The minimum Gasteiger partial charge on any atom is -0.493 e. The van der Waals surface area contributed by atoms with Gasteiger partial charge in [0.2, 0.25) is 0 Å². The maximum atomic E-state index is 12.6. The van der Waals surface area contributed by atoms with Crippen LogP contribution in [0.15, 0.2) is 52.1 Å². The van der Waals surface area contributed by atoms with E-state index in [1.54, 1.807) is 44.2 Å². The van der Waals surface area contributed by atoms with Gasteiger partial charge < -0.3 is 19.7 Å². The first-order valence-electron chi connectivity index (χ1n) is 10.3. The van der Waals surface area contributed by atoms with E-state index in [9.17, 15) is 14.4 Å². The lowest BCUT2D eigenvalue weighted by molar-refractivity contribution is 0.0729. The van der Waals surface area contributed by atoms with Crippen LogP contribution in [0, 0.1) is 20.8 Å². The Morgan fingerprint density at radius 2 is 1.35 bits per heavy atom. The lowest BCUT2D eigenvalue weighted by atomic mass is 9.85. The molecule has 0 amide bonds. The van der Waals surface area contributed by atoms with Crippen molar-refractivity contribution in [3.05, 3.63) is 102 Å². The highest BCUT2D eigenvalue weighted by molar-refractivity contribution is 5.91. The van der Waals surface area contributed by atoms with E-state index in [4.69, 9.17) is 9.47 Å². The molecular formula is C24H25ClN4O5. The highest BCUT2D eigenvalue weighted by Crippen LogP contribution is 2.37. The number of aromatic nitrogens is 4. The van der Waals surface area contributed by atoms with Crippen molar-refractivity contribution in [2.24, 2.45) is 0 Å². The van der Waals surface area contributed by atoms with Crippen molar-refractivity contribution >= 4 is 18.4 Å². The summed E-state index contributed by atoms with van der Waals surface area (Å²) in [7, 11) is 1.46. The first kappa shape index (κ1) is 24.7. The van der Waals surface area contributed by atoms with Gasteiger partial charge in [-0.25, -0.2) is 4.79 Å². The van der Waals surface area contributed by atoms with Gasteiger partial charge in [-0.05, 0) is 50.6 Å². The van der Waals surface area contributed by atoms with Gasteiger partial charge in [-0.1, -0.05) is 23.8 Å². The first-order valence-corrected chi connectivity index (χ1v) is 10.3. The third-order valence-electron chi connectivity index (χ3n) is 5.61. The quantitative estimate of drug-likeness (QED) is 0.245. The van der Waals surface area contributed by atoms with Crippen molar-refractivity contribution in [1.29, 1.82) is 0 Å². The van der Waals surface area contributed by atoms with E-state index in [0.717, 1.165) is 5.56 Å². The molecule has 4 rings (SSSR count). The lowest BCUT2D eigenvalue weighted by Crippen LogP contribution is -2.20. The van der Waals surface area contributed by atoms with Crippen LogP contribution in [0.2, 0.25) is 0 Å². The van der Waals surface area contributed by atoms with E-state index in [-0.39, 0.29) is 29.3 Å². The van der Waals surface area contributed by atoms with E-state index >= 15 is 0 Å². The first-order chi connectivity index (χ1) is 15.8. The van der Waals surface area contributed by atoms with E-state index < -0.39 is 11.9 Å². The molecule has 2 heterocycles. The Labute approximate surface area is 200 Å². The summed E-state index contributed by atoms with van der Waals surface area (Å²) in [6, 6.07) is 12.0. The minimum absolute atomic E-state index is 0. The van der Waals surface area contributed by atoms with Gasteiger partial charge >= 0.3 is 5.97 Å². The van der Waals surface area contributed by atoms with Crippen molar-refractivity contribution in [3.63, 3.8) is 0 Å². The summed E-state index contributed by atoms with van der Waals surface area (Å²) in [6.07, 6.45) is 0. The smallest absolute Gasteiger partial charge is 0.343 e. The van der Waals surface area contributed by atoms with Gasteiger partial charge in [-0.3, -0.25) is 19.8 Å². The Kier molecular flexibility index (Phi) is 7.17. The fourth-order valence-electron chi connectivity index (χ4n) is 3.88. The van der Waals surface area contributed by atoms with Crippen LogP contribution in [-0.2, 0) is 0 Å². The van der Waals surface area contributed by atoms with Gasteiger partial charge in [0.25, 0.3) is 11.1 Å². The standard InChI is InChI=1S/C24H24N4O5.ClH/c1-12-5-7-15(8-6-12)24(31)33-17-10-9-16(11-18(17)32-4)21(19-13(2)25-27-22(19)29)20-14(3)26-28-23(20)30;/h5-11,21H,1-4H3,(H2,25,27,29)(H2,26,28,30);1H. The topological polar surface area (TPSA) is 133 Å². The molecule has 0 atom stereocenters. The Morgan fingerprint density at radius 1 is 0.794 bits per heavy atom. The predicted octanol–water partition coefficient (Wildman–Crippen LogP) is 3.47. The normalized spacial score (nSPS) is 10.7. The number of esters is 1. The van der Waals surface area contributed by atoms with Crippen LogP contribution < -0.4 is 20.6 Å². The number of nitrogens with one attached hydrogen (secondary N) is 4. The van der Waals surface area contributed by atoms with Crippen LogP contribution in [0.5, 0.6) is 11.5 Å². The number of carbonyl (C=O) groups excluding carboxylic acids is 1. The van der Waals surface area contributed by atoms with E-state index in [1.807, 2.05) is 19.1 Å². The number of hydrogen-bond acceptors (Lipinski definition) is 5. The number of ether oxygens (including phenoxy) is 2. The summed E-state index contributed by atoms with van der Waals surface area (Å²) >= 11 is 0. The van der Waals surface area contributed by atoms with Crippen LogP contribution in [0.25, 0.3) is 0 Å². The average Bonchev–Trinajstić information content (AvgIpc) is 3.31. The van der Waals surface area contributed by atoms with E-state index in [2.05, 4.69) is 20.4 Å². The van der Waals surface area contributed by atoms with E-state index in [1.165, 1.54) is 7.11 Å². The summed E-state index contributed by atoms with van der Waals surface area (Å²) < 4.78 is 11.0. The molecule has 34 heavy (non-hydrogen) atoms. The summed E-state index contributed by atoms with van der Waals surface area (Å²) in [5, 5.41) is 10.8. The molecule has 4 N–H and O–H groups in total. The molecule has 0 aliphatic rings. The van der Waals surface area contributed by atoms with Crippen LogP contribution in [0.1, 0.15) is 49.9 Å². The number of rotatable bonds is 6. The van der Waals surface area contributed by atoms with Crippen molar-refractivity contribution in [1.82, 2.24) is 20.4 Å². The van der Waals surface area contributed by atoms with Crippen LogP contribution in [0.4, 0.5) is 0 Å². The Morgan fingerprint density at radius 3 is 1.82 bits per heavy atom. The van der Waals surface area contributed by atoms with Gasteiger partial charge in [0.1, 0.15) is 0 Å². The number of aryl methyl sites for hydroxylation is 3. The molecule has 9 nitrogen and oxygen atoms in total. The molecule has 0 radical (unpaired) electrons. The molecule has 4 aromatic rings. The molecule has 0 unspecified atom stereocenters. The van der Waals surface area contributed by atoms with Crippen LogP contribution in [0.3, 0.4) is 0 Å². The summed E-state index contributed by atoms with van der Waals surface area (Å²) in [5.74, 6) is -0.670. The molecule has 2 aromatic heterocycles. The number of halogens is 1. The zero-order valence-electron chi connectivity index (χ0n) is 19.1. The Balaban J connectivity index is 0.00000324. The Bertz CT molecular complexity index is 1370. The van der Waals surface area contributed by atoms with Crippen molar-refractivity contribution < 1.29 is 14.3 Å². The fourth-order valence-corrected chi connectivity index (χ4v) is 3.88. The maximum absolute atomic E-state index is 12.6. The lowest BCUT2D eigenvalue weighted by Gasteiger charge is -2.18. The average molecular weight is 485 g/mol. The van der Waals surface area contributed by atoms with E-state index in [0.29, 0.717) is 39.4 Å². The summed E-state index contributed by atoms with van der Waals surface area (Å²) in [4.78, 5) is 37.8. The molecule has 2 aromatic carbocycles. The highest BCUT2D eigenvalue weighted by Gasteiger charge is 2.29. The fraction of sp³-hybridized carbons (Fsp3) is 0.208. The van der Waals surface area contributed by atoms with Gasteiger partial charge in [-0.2, -0.15) is 0 Å². The third-order valence-corrected chi connectivity index (χ3v) is 5.61. The number of benzene rings is 2. The molecule has 0 saturated carbocycles. The molecule has 178 valence electrons. The zero-order valence-corrected chi connectivity index (χ0v) is 19.9. The molecule has 0 aliphatic carbocycles. The van der Waals surface area contributed by atoms with Gasteiger partial charge in [0, 0.05) is 17.3 Å². The van der Waals surface area contributed by atoms with Crippen LogP contribution in [-0.4, -0.2) is 33.5 Å². The second-order valence-electron chi connectivity index (χ2n) is 7.83. The van der Waals surface area contributed by atoms with Gasteiger partial charge in [0.15, 0.2) is 11.5 Å². The van der Waals surface area contributed by atoms with Crippen LogP contribution >= 0.6 is 12.4 Å². The SMILES string of the molecule is COc1cc(C(c2c(C)[nH][nH]c2=O)c2c(C)[nH][nH]c2=O)ccc1OC(=O)c1ccc(C)cc1.Cl. The number of carbonyl (C=O) groups is 1. The van der Waals surface area contributed by atoms with Gasteiger partial charge in [0.05, 0.1) is 23.8 Å². The molecule has 10 heteroatoms. The second kappa shape index (κ2) is 9.88. The van der Waals surface area contributed by atoms with Crippen molar-refractivity contribution in [2.45, 2.75) is 26.7 Å². The number of hydrogen-bond donors (Lipinski definition) is 4. The van der Waals surface area contributed by atoms with Crippen molar-refractivity contribution in [2.75, 3.05) is 7.11 Å². The molecule has 0 spiro atoms. The zero-order chi connectivity index (χ0) is 23.7. The molecule has 0 fully saturated rings. The Hall–Kier alpha value is -3.98. The molecule has 0 saturated heterocycles. The monoisotopic (exact) mass is 484 g/mol. The summed E-state index contributed by atoms with van der Waals surface area (Å²) in [5.41, 5.74) is 3.46. The molecular weight excluding hydrogens is 460 g/mol. The highest BCUT2D eigenvalue weighted by atomic mass is 35.5. The van der Waals surface area contributed by atoms with Gasteiger partial charge in [-0.15, -0.1) is 12.4 Å². The number of methoxy groups -OCH3 is 1. The number of aromatic amines is 4.